The molecule has 1 aliphatic rings. The number of carbonyl (C=O) groups excluding carboxylic acids is 2. The quantitative estimate of drug-likeness (QED) is 0.578. The Labute approximate surface area is 169 Å². The molecule has 0 unspecified atom stereocenters. The van der Waals surface area contributed by atoms with Crippen LogP contribution in [0, 0.1) is 0 Å². The van der Waals surface area contributed by atoms with Crippen molar-refractivity contribution >= 4 is 22.8 Å². The normalized spacial score (nSPS) is 13.4. The Morgan fingerprint density at radius 3 is 2.72 bits per heavy atom. The molecule has 0 radical (unpaired) electrons. The van der Waals surface area contributed by atoms with E-state index in [1.165, 1.54) is 0 Å². The predicted molar refractivity (Wildman–Crippen MR) is 111 cm³/mol. The summed E-state index contributed by atoms with van der Waals surface area (Å²) in [5.74, 6) is -0.114. The second-order valence-corrected chi connectivity index (χ2v) is 7.32. The van der Waals surface area contributed by atoms with Gasteiger partial charge in [-0.3, -0.25) is 9.59 Å². The Kier molecular flexibility index (Phi) is 5.55. The molecule has 1 aliphatic carbocycles. The van der Waals surface area contributed by atoms with Crippen LogP contribution in [0.4, 0.5) is 0 Å². The molecule has 4 rings (SSSR count). The van der Waals surface area contributed by atoms with Crippen molar-refractivity contribution in [1.82, 2.24) is 25.4 Å². The molecule has 2 N–H and O–H groups in total. The van der Waals surface area contributed by atoms with Crippen LogP contribution in [0.2, 0.25) is 0 Å². The Bertz CT molecular complexity index is 1020. The van der Waals surface area contributed by atoms with Crippen molar-refractivity contribution in [3.63, 3.8) is 0 Å². The number of amides is 2. The maximum absolute atomic E-state index is 12.9. The van der Waals surface area contributed by atoms with Crippen LogP contribution in [0.5, 0.6) is 0 Å². The Hall–Kier alpha value is -3.22. The van der Waals surface area contributed by atoms with Crippen molar-refractivity contribution in [3.8, 4) is 11.3 Å². The fourth-order valence-electron chi connectivity index (χ4n) is 3.30. The summed E-state index contributed by atoms with van der Waals surface area (Å²) in [7, 11) is 0. The zero-order chi connectivity index (χ0) is 20.2. The van der Waals surface area contributed by atoms with Crippen LogP contribution in [-0.4, -0.2) is 39.2 Å². The molecule has 2 amide bonds. The number of nitrogens with zero attached hydrogens (tertiary/aromatic N) is 3. The minimum absolute atomic E-state index is 0.0589. The molecule has 1 aromatic carbocycles. The lowest BCUT2D eigenvalue weighted by Gasteiger charge is -2.09. The van der Waals surface area contributed by atoms with Gasteiger partial charge in [0.25, 0.3) is 5.91 Å². The molecule has 0 bridgehead atoms. The van der Waals surface area contributed by atoms with Gasteiger partial charge in [-0.2, -0.15) is 5.10 Å². The van der Waals surface area contributed by atoms with E-state index in [0.717, 1.165) is 29.5 Å². The monoisotopic (exact) mass is 391 g/mol. The van der Waals surface area contributed by atoms with Gasteiger partial charge in [0.15, 0.2) is 5.65 Å². The topological polar surface area (TPSA) is 88.9 Å². The van der Waals surface area contributed by atoms with Crippen LogP contribution in [0.25, 0.3) is 22.3 Å². The fraction of sp³-hybridized carbons (Fsp3) is 0.364. The fourth-order valence-corrected chi connectivity index (χ4v) is 3.30. The van der Waals surface area contributed by atoms with Crippen molar-refractivity contribution in [2.75, 3.05) is 6.54 Å². The van der Waals surface area contributed by atoms with E-state index in [0.29, 0.717) is 43.2 Å². The number of hydrogen-bond acceptors (Lipinski definition) is 4. The first-order chi connectivity index (χ1) is 14.2. The van der Waals surface area contributed by atoms with Crippen LogP contribution in [0.3, 0.4) is 0 Å². The van der Waals surface area contributed by atoms with Crippen molar-refractivity contribution < 1.29 is 9.59 Å². The summed E-state index contributed by atoms with van der Waals surface area (Å²) in [6.45, 7) is 3.12. The van der Waals surface area contributed by atoms with Crippen molar-refractivity contribution in [2.45, 2.75) is 45.2 Å². The molecule has 0 saturated heterocycles. The van der Waals surface area contributed by atoms with Crippen LogP contribution in [-0.2, 0) is 11.3 Å². The predicted octanol–water partition coefficient (Wildman–Crippen LogP) is 2.91. The first-order valence-electron chi connectivity index (χ1n) is 10.1. The number of benzene rings is 1. The molecular weight excluding hydrogens is 366 g/mol. The van der Waals surface area contributed by atoms with Gasteiger partial charge in [0.1, 0.15) is 0 Å². The van der Waals surface area contributed by atoms with E-state index in [2.05, 4.69) is 15.7 Å². The number of hydrogen-bond donors (Lipinski definition) is 2. The molecule has 29 heavy (non-hydrogen) atoms. The summed E-state index contributed by atoms with van der Waals surface area (Å²) < 4.78 is 1.79. The van der Waals surface area contributed by atoms with Gasteiger partial charge in [0, 0.05) is 31.1 Å². The molecule has 0 aliphatic heterocycles. The summed E-state index contributed by atoms with van der Waals surface area (Å²) in [6.07, 6.45) is 4.88. The maximum atomic E-state index is 12.9. The highest BCUT2D eigenvalue weighted by Crippen LogP contribution is 2.25. The highest BCUT2D eigenvalue weighted by Gasteiger charge is 2.23. The SMILES string of the molecule is CCn1ncc2c(C(=O)NCCCC(=O)NC3CC3)cc(-c3ccccc3)nc21. The van der Waals surface area contributed by atoms with Crippen LogP contribution in [0.15, 0.2) is 42.6 Å². The van der Waals surface area contributed by atoms with Crippen molar-refractivity contribution in [2.24, 2.45) is 0 Å². The first kappa shape index (κ1) is 19.1. The Morgan fingerprint density at radius 1 is 1.21 bits per heavy atom. The number of aryl methyl sites for hydroxylation is 1. The number of nitrogens with one attached hydrogen (secondary N) is 2. The molecule has 150 valence electrons. The number of carbonyl (C=O) groups is 2. The summed E-state index contributed by atoms with van der Waals surface area (Å²) in [5.41, 5.74) is 2.94. The average Bonchev–Trinajstić information content (AvgIpc) is 3.46. The summed E-state index contributed by atoms with van der Waals surface area (Å²) in [4.78, 5) is 29.4. The third-order valence-corrected chi connectivity index (χ3v) is 5.03. The van der Waals surface area contributed by atoms with E-state index in [-0.39, 0.29) is 11.8 Å². The first-order valence-corrected chi connectivity index (χ1v) is 10.1. The minimum Gasteiger partial charge on any atom is -0.353 e. The van der Waals surface area contributed by atoms with E-state index in [1.807, 2.05) is 43.3 Å². The number of pyridine rings is 1. The van der Waals surface area contributed by atoms with Crippen LogP contribution in [0.1, 0.15) is 43.0 Å². The van der Waals surface area contributed by atoms with Gasteiger partial charge in [0.05, 0.1) is 22.8 Å². The minimum atomic E-state index is -0.173. The number of fused-ring (bicyclic) bond motifs is 1. The van der Waals surface area contributed by atoms with Gasteiger partial charge in [-0.25, -0.2) is 9.67 Å². The molecule has 1 saturated carbocycles. The molecule has 0 atom stereocenters. The molecule has 2 heterocycles. The maximum Gasteiger partial charge on any atom is 0.252 e. The van der Waals surface area contributed by atoms with Crippen LogP contribution < -0.4 is 10.6 Å². The van der Waals surface area contributed by atoms with Gasteiger partial charge < -0.3 is 10.6 Å². The average molecular weight is 391 g/mol. The van der Waals surface area contributed by atoms with Crippen LogP contribution >= 0.6 is 0 Å². The van der Waals surface area contributed by atoms with Gasteiger partial charge in [-0.15, -0.1) is 0 Å². The Balaban J connectivity index is 1.51. The molecule has 1 fully saturated rings. The third-order valence-electron chi connectivity index (χ3n) is 5.03. The van der Waals surface area contributed by atoms with E-state index >= 15 is 0 Å². The molecule has 3 aromatic rings. The van der Waals surface area contributed by atoms with Crippen molar-refractivity contribution in [3.05, 3.63) is 48.2 Å². The van der Waals surface area contributed by atoms with E-state index in [9.17, 15) is 9.59 Å². The highest BCUT2D eigenvalue weighted by atomic mass is 16.2. The number of aromatic nitrogens is 3. The second-order valence-electron chi connectivity index (χ2n) is 7.32. The molecule has 7 heteroatoms. The van der Waals surface area contributed by atoms with Crippen molar-refractivity contribution in [1.29, 1.82) is 0 Å². The lowest BCUT2D eigenvalue weighted by molar-refractivity contribution is -0.121. The lowest BCUT2D eigenvalue weighted by atomic mass is 10.1. The third kappa shape index (κ3) is 4.45. The van der Waals surface area contributed by atoms with Gasteiger partial charge in [-0.05, 0) is 32.3 Å². The molecule has 7 nitrogen and oxygen atoms in total. The van der Waals surface area contributed by atoms with Gasteiger partial charge in [-0.1, -0.05) is 30.3 Å². The largest absolute Gasteiger partial charge is 0.353 e. The summed E-state index contributed by atoms with van der Waals surface area (Å²) in [6, 6.07) is 12.0. The second kappa shape index (κ2) is 8.43. The highest BCUT2D eigenvalue weighted by molar-refractivity contribution is 6.06. The zero-order valence-electron chi connectivity index (χ0n) is 16.5. The smallest absolute Gasteiger partial charge is 0.252 e. The summed E-state index contributed by atoms with van der Waals surface area (Å²) >= 11 is 0. The zero-order valence-corrected chi connectivity index (χ0v) is 16.5. The van der Waals surface area contributed by atoms with E-state index in [4.69, 9.17) is 4.98 Å². The van der Waals surface area contributed by atoms with Gasteiger partial charge in [0.2, 0.25) is 5.91 Å². The summed E-state index contributed by atoms with van der Waals surface area (Å²) in [5, 5.41) is 11.0. The number of rotatable bonds is 8. The molecule has 0 spiro atoms. The van der Waals surface area contributed by atoms with Gasteiger partial charge >= 0.3 is 0 Å². The van der Waals surface area contributed by atoms with E-state index < -0.39 is 0 Å². The Morgan fingerprint density at radius 2 is 2.00 bits per heavy atom. The molecule has 2 aromatic heterocycles. The lowest BCUT2D eigenvalue weighted by Crippen LogP contribution is -2.28. The molecular formula is C22H25N5O2. The standard InChI is InChI=1S/C22H25N5O2/c1-2-27-21-18(14-24-27)17(13-19(26-21)15-7-4-3-5-8-15)22(29)23-12-6-9-20(28)25-16-10-11-16/h3-5,7-8,13-14,16H,2,6,9-12H2,1H3,(H,23,29)(H,25,28). The van der Waals surface area contributed by atoms with E-state index in [1.54, 1.807) is 10.9 Å².